The van der Waals surface area contributed by atoms with Gasteiger partial charge < -0.3 is 14.9 Å². The van der Waals surface area contributed by atoms with E-state index < -0.39 is 12.1 Å². The number of nitrogens with zero attached hydrogens (tertiary/aromatic N) is 4. The average Bonchev–Trinajstić information content (AvgIpc) is 2.95. The zero-order valence-corrected chi connectivity index (χ0v) is 13.5. The number of hydrogen-bond donors (Lipinski definition) is 1. The van der Waals surface area contributed by atoms with Crippen molar-refractivity contribution in [3.63, 3.8) is 0 Å². The predicted octanol–water partition coefficient (Wildman–Crippen LogP) is 2.03. The van der Waals surface area contributed by atoms with Gasteiger partial charge in [0.1, 0.15) is 5.82 Å². The van der Waals surface area contributed by atoms with Gasteiger partial charge in [0.05, 0.1) is 6.20 Å². The molecule has 2 aliphatic heterocycles. The first kappa shape index (κ1) is 18.4. The Morgan fingerprint density at radius 3 is 2.29 bits per heavy atom. The van der Waals surface area contributed by atoms with Crippen LogP contribution in [0.15, 0.2) is 18.6 Å². The van der Waals surface area contributed by atoms with Gasteiger partial charge in [0.15, 0.2) is 0 Å². The number of halogens is 3. The fraction of sp³-hybridized carbons (Fsp3) is 0.667. The van der Waals surface area contributed by atoms with Crippen molar-refractivity contribution in [2.45, 2.75) is 25.4 Å². The fourth-order valence-electron chi connectivity index (χ4n) is 3.09. The smallest absolute Gasteiger partial charge is 0.475 e. The van der Waals surface area contributed by atoms with Gasteiger partial charge in [-0.25, -0.2) is 9.78 Å². The van der Waals surface area contributed by atoms with Crippen LogP contribution < -0.4 is 4.90 Å². The molecule has 0 bridgehead atoms. The molecule has 0 saturated carbocycles. The Kier molecular flexibility index (Phi) is 5.63. The molecular weight excluding hydrogens is 325 g/mol. The van der Waals surface area contributed by atoms with E-state index in [2.05, 4.69) is 26.8 Å². The SMILES string of the molecule is CN1CCC2(CC1)CCN(c1cnccn1)C2.O=C(O)C(F)(F)F. The number of alkyl halides is 3. The van der Waals surface area contributed by atoms with E-state index in [4.69, 9.17) is 9.90 Å². The summed E-state index contributed by atoms with van der Waals surface area (Å²) in [7, 11) is 2.22. The zero-order valence-electron chi connectivity index (χ0n) is 13.5. The second kappa shape index (κ2) is 7.33. The average molecular weight is 346 g/mol. The molecular formula is C15H21F3N4O2. The highest BCUT2D eigenvalue weighted by Crippen LogP contribution is 2.40. The highest BCUT2D eigenvalue weighted by Gasteiger charge is 2.40. The Balaban J connectivity index is 0.000000256. The highest BCUT2D eigenvalue weighted by atomic mass is 19.4. The van der Waals surface area contributed by atoms with E-state index in [0.717, 1.165) is 12.4 Å². The van der Waals surface area contributed by atoms with Crippen molar-refractivity contribution in [2.75, 3.05) is 38.1 Å². The predicted molar refractivity (Wildman–Crippen MR) is 81.7 cm³/mol. The van der Waals surface area contributed by atoms with E-state index in [1.165, 1.54) is 38.9 Å². The number of aliphatic carboxylic acids is 1. The summed E-state index contributed by atoms with van der Waals surface area (Å²) in [5.41, 5.74) is 0.546. The van der Waals surface area contributed by atoms with Crippen molar-refractivity contribution in [2.24, 2.45) is 5.41 Å². The number of carbonyl (C=O) groups is 1. The summed E-state index contributed by atoms with van der Waals surface area (Å²) in [6.45, 7) is 4.80. The van der Waals surface area contributed by atoms with Gasteiger partial charge in [-0.05, 0) is 44.8 Å². The molecule has 2 fully saturated rings. The molecule has 0 amide bonds. The second-order valence-corrected chi connectivity index (χ2v) is 6.34. The summed E-state index contributed by atoms with van der Waals surface area (Å²) in [6.07, 6.45) is 4.31. The lowest BCUT2D eigenvalue weighted by Crippen LogP contribution is -2.39. The maximum Gasteiger partial charge on any atom is 0.490 e. The van der Waals surface area contributed by atoms with Crippen LogP contribution in [0.5, 0.6) is 0 Å². The fourth-order valence-corrected chi connectivity index (χ4v) is 3.09. The van der Waals surface area contributed by atoms with Crippen LogP contribution >= 0.6 is 0 Å². The van der Waals surface area contributed by atoms with Gasteiger partial charge in [-0.2, -0.15) is 13.2 Å². The highest BCUT2D eigenvalue weighted by molar-refractivity contribution is 5.73. The Labute approximate surface area is 138 Å². The third-order valence-electron chi connectivity index (χ3n) is 4.60. The minimum atomic E-state index is -5.08. The maximum atomic E-state index is 10.6. The molecule has 1 aromatic heterocycles. The van der Waals surface area contributed by atoms with Gasteiger partial charge in [-0.1, -0.05) is 0 Å². The van der Waals surface area contributed by atoms with E-state index >= 15 is 0 Å². The van der Waals surface area contributed by atoms with Crippen molar-refractivity contribution >= 4 is 11.8 Å². The van der Waals surface area contributed by atoms with E-state index in [1.807, 2.05) is 6.20 Å². The molecule has 0 atom stereocenters. The van der Waals surface area contributed by atoms with Gasteiger partial charge in [0.2, 0.25) is 0 Å². The Hall–Kier alpha value is -1.90. The lowest BCUT2D eigenvalue weighted by Gasteiger charge is -2.37. The molecule has 0 aromatic carbocycles. The second-order valence-electron chi connectivity index (χ2n) is 6.34. The van der Waals surface area contributed by atoms with Gasteiger partial charge in [-0.3, -0.25) is 4.98 Å². The molecule has 0 radical (unpaired) electrons. The molecule has 2 aliphatic rings. The number of carboxylic acids is 1. The molecule has 6 nitrogen and oxygen atoms in total. The third-order valence-corrected chi connectivity index (χ3v) is 4.60. The van der Waals surface area contributed by atoms with Crippen LogP contribution in [-0.4, -0.2) is 65.3 Å². The first-order chi connectivity index (χ1) is 11.2. The third kappa shape index (κ3) is 4.80. The molecule has 24 heavy (non-hydrogen) atoms. The van der Waals surface area contributed by atoms with Crippen LogP contribution in [0.2, 0.25) is 0 Å². The number of likely N-dealkylation sites (tertiary alicyclic amines) is 1. The van der Waals surface area contributed by atoms with Crippen LogP contribution in [0.25, 0.3) is 0 Å². The van der Waals surface area contributed by atoms with Crippen LogP contribution in [0.3, 0.4) is 0 Å². The van der Waals surface area contributed by atoms with E-state index in [1.54, 1.807) is 12.4 Å². The molecule has 0 unspecified atom stereocenters. The van der Waals surface area contributed by atoms with Crippen LogP contribution in [0.1, 0.15) is 19.3 Å². The van der Waals surface area contributed by atoms with E-state index in [0.29, 0.717) is 5.41 Å². The number of piperidine rings is 1. The molecule has 1 N–H and O–H groups in total. The van der Waals surface area contributed by atoms with Gasteiger partial charge in [-0.15, -0.1) is 0 Å². The minimum Gasteiger partial charge on any atom is -0.475 e. The summed E-state index contributed by atoms with van der Waals surface area (Å²) in [5, 5.41) is 7.12. The van der Waals surface area contributed by atoms with Crippen LogP contribution in [-0.2, 0) is 4.79 Å². The summed E-state index contributed by atoms with van der Waals surface area (Å²) >= 11 is 0. The molecule has 3 rings (SSSR count). The maximum absolute atomic E-state index is 10.6. The molecule has 9 heteroatoms. The number of rotatable bonds is 1. The van der Waals surface area contributed by atoms with Crippen molar-refractivity contribution in [1.29, 1.82) is 0 Å². The van der Waals surface area contributed by atoms with Crippen molar-refractivity contribution < 1.29 is 23.1 Å². The van der Waals surface area contributed by atoms with E-state index in [9.17, 15) is 13.2 Å². The first-order valence-electron chi connectivity index (χ1n) is 7.71. The zero-order chi connectivity index (χ0) is 17.8. The van der Waals surface area contributed by atoms with Gasteiger partial charge in [0.25, 0.3) is 0 Å². The quantitative estimate of drug-likeness (QED) is 0.839. The number of carboxylic acid groups (broad SMARTS) is 1. The topological polar surface area (TPSA) is 69.6 Å². The molecule has 134 valence electrons. The molecule has 1 spiro atoms. The summed E-state index contributed by atoms with van der Waals surface area (Å²) in [4.78, 5) is 22.3. The standard InChI is InChI=1S/C13H20N4.C2HF3O2/c1-16-7-2-13(3-8-16)4-9-17(11-13)12-10-14-5-6-15-12;3-2(4,5)1(6)7/h5-6,10H,2-4,7-9,11H2,1H3;(H,6,7). The number of anilines is 1. The Morgan fingerprint density at radius 2 is 1.79 bits per heavy atom. The lowest BCUT2D eigenvalue weighted by molar-refractivity contribution is -0.192. The molecule has 3 heterocycles. The number of hydrogen-bond acceptors (Lipinski definition) is 5. The normalized spacial score (nSPS) is 20.6. The molecule has 2 saturated heterocycles. The van der Waals surface area contributed by atoms with Gasteiger partial charge >= 0.3 is 12.1 Å². The monoisotopic (exact) mass is 346 g/mol. The summed E-state index contributed by atoms with van der Waals surface area (Å²) in [5.74, 6) is -1.71. The minimum absolute atomic E-state index is 0.546. The Morgan fingerprint density at radius 1 is 1.21 bits per heavy atom. The first-order valence-corrected chi connectivity index (χ1v) is 7.71. The van der Waals surface area contributed by atoms with Crippen LogP contribution in [0.4, 0.5) is 19.0 Å². The lowest BCUT2D eigenvalue weighted by atomic mass is 9.78. The largest absolute Gasteiger partial charge is 0.490 e. The van der Waals surface area contributed by atoms with Crippen molar-refractivity contribution in [3.05, 3.63) is 18.6 Å². The molecule has 0 aliphatic carbocycles. The van der Waals surface area contributed by atoms with Crippen LogP contribution in [0, 0.1) is 5.41 Å². The van der Waals surface area contributed by atoms with E-state index in [-0.39, 0.29) is 0 Å². The Bertz CT molecular complexity index is 545. The summed E-state index contributed by atoms with van der Waals surface area (Å²) in [6, 6.07) is 0. The van der Waals surface area contributed by atoms with Gasteiger partial charge in [0, 0.05) is 25.5 Å². The number of aromatic nitrogens is 2. The van der Waals surface area contributed by atoms with Crippen molar-refractivity contribution in [1.82, 2.24) is 14.9 Å². The van der Waals surface area contributed by atoms with Crippen molar-refractivity contribution in [3.8, 4) is 0 Å². The molecule has 1 aromatic rings. The summed E-state index contributed by atoms with van der Waals surface area (Å²) < 4.78 is 31.7.